The van der Waals surface area contributed by atoms with Gasteiger partial charge in [0, 0.05) is 41.7 Å². The molecule has 0 bridgehead atoms. The average Bonchev–Trinajstić information content (AvgIpc) is 3.02. The van der Waals surface area contributed by atoms with Crippen LogP contribution in [0.3, 0.4) is 0 Å². The number of halogens is 2. The summed E-state index contributed by atoms with van der Waals surface area (Å²) in [4.78, 5) is 14.9. The lowest BCUT2D eigenvalue weighted by molar-refractivity contribution is 0.355. The molecule has 236 valence electrons. The molecule has 4 aromatic carbocycles. The van der Waals surface area contributed by atoms with Gasteiger partial charge >= 0.3 is 0 Å². The van der Waals surface area contributed by atoms with Crippen LogP contribution >= 0.6 is 46.7 Å². The minimum Gasteiger partial charge on any atom is -0.336 e. The van der Waals surface area contributed by atoms with Gasteiger partial charge in [-0.2, -0.15) is 0 Å². The van der Waals surface area contributed by atoms with Crippen LogP contribution in [0.15, 0.2) is 105 Å². The van der Waals surface area contributed by atoms with Crippen molar-refractivity contribution in [3.63, 3.8) is 0 Å². The van der Waals surface area contributed by atoms with Gasteiger partial charge in [-0.15, -0.1) is 0 Å². The van der Waals surface area contributed by atoms with E-state index < -0.39 is 0 Å². The summed E-state index contributed by atoms with van der Waals surface area (Å²) in [7, 11) is 8.70. The van der Waals surface area contributed by atoms with Crippen LogP contribution in [-0.2, 0) is 0 Å². The summed E-state index contributed by atoms with van der Waals surface area (Å²) in [6.45, 7) is 2.05. The van der Waals surface area contributed by atoms with Crippen molar-refractivity contribution in [3.8, 4) is 0 Å². The highest BCUT2D eigenvalue weighted by molar-refractivity contribution is 8.00. The van der Waals surface area contributed by atoms with Crippen molar-refractivity contribution in [2.75, 3.05) is 51.1 Å². The number of nitrogens with zero attached hydrogens (tertiary/aromatic N) is 4. The maximum absolute atomic E-state index is 6.62. The Balaban J connectivity index is 1.32. The zero-order chi connectivity index (χ0) is 31.5. The van der Waals surface area contributed by atoms with Crippen molar-refractivity contribution in [1.29, 1.82) is 0 Å². The van der Waals surface area contributed by atoms with Crippen LogP contribution in [0.25, 0.3) is 0 Å². The number of anilines is 4. The van der Waals surface area contributed by atoms with Crippen molar-refractivity contribution in [2.45, 2.75) is 63.8 Å². The molecule has 2 heterocycles. The smallest absolute Gasteiger partial charge is 0.0570 e. The molecule has 2 unspecified atom stereocenters. The van der Waals surface area contributed by atoms with E-state index >= 15 is 0 Å². The van der Waals surface area contributed by atoms with Crippen LogP contribution in [0.5, 0.6) is 0 Å². The summed E-state index contributed by atoms with van der Waals surface area (Å²) in [6, 6.07) is 31.1. The number of fused-ring (bicyclic) bond motifs is 4. The molecule has 6 rings (SSSR count). The fourth-order valence-electron chi connectivity index (χ4n) is 6.51. The van der Waals surface area contributed by atoms with Gasteiger partial charge in [0.2, 0.25) is 0 Å². The molecular weight excluding hydrogens is 635 g/mol. The first kappa shape index (κ1) is 32.6. The number of hydrogen-bond donors (Lipinski definition) is 0. The fourth-order valence-corrected chi connectivity index (χ4v) is 8.94. The van der Waals surface area contributed by atoms with E-state index in [-0.39, 0.29) is 0 Å². The molecular formula is C37H42Cl2N4S2. The molecule has 0 radical (unpaired) electrons. The van der Waals surface area contributed by atoms with Gasteiger partial charge in [-0.05, 0) is 134 Å². The van der Waals surface area contributed by atoms with Gasteiger partial charge < -0.3 is 19.6 Å². The van der Waals surface area contributed by atoms with Gasteiger partial charge in [-0.25, -0.2) is 0 Å². The van der Waals surface area contributed by atoms with Gasteiger partial charge in [0.05, 0.1) is 22.7 Å². The fraction of sp³-hybridized carbons (Fsp3) is 0.351. The summed E-state index contributed by atoms with van der Waals surface area (Å²) in [5, 5.41) is 1.57. The van der Waals surface area contributed by atoms with Gasteiger partial charge in [0.1, 0.15) is 0 Å². The van der Waals surface area contributed by atoms with Crippen LogP contribution in [0.2, 0.25) is 10.0 Å². The number of para-hydroxylation sites is 2. The van der Waals surface area contributed by atoms with Gasteiger partial charge in [-0.1, -0.05) is 71.0 Å². The highest BCUT2D eigenvalue weighted by Gasteiger charge is 2.32. The Morgan fingerprint density at radius 3 is 1.36 bits per heavy atom. The molecule has 2 aliphatic heterocycles. The molecule has 8 heteroatoms. The van der Waals surface area contributed by atoms with E-state index in [1.807, 2.05) is 35.7 Å². The lowest BCUT2D eigenvalue weighted by Crippen LogP contribution is -2.37. The molecule has 0 saturated carbocycles. The first-order valence-electron chi connectivity index (χ1n) is 15.8. The van der Waals surface area contributed by atoms with E-state index in [4.69, 9.17) is 23.2 Å². The van der Waals surface area contributed by atoms with Crippen LogP contribution in [-0.4, -0.2) is 63.2 Å². The Bertz CT molecular complexity index is 1510. The average molecular weight is 678 g/mol. The second-order valence-corrected chi connectivity index (χ2v) is 15.6. The van der Waals surface area contributed by atoms with Crippen molar-refractivity contribution in [3.05, 3.63) is 95.0 Å². The normalized spacial score (nSPS) is 15.0. The topological polar surface area (TPSA) is 13.0 Å². The van der Waals surface area contributed by atoms with E-state index in [1.165, 1.54) is 42.3 Å². The molecule has 2 atom stereocenters. The van der Waals surface area contributed by atoms with Crippen LogP contribution < -0.4 is 9.80 Å². The Morgan fingerprint density at radius 1 is 0.533 bits per heavy atom. The van der Waals surface area contributed by atoms with Crippen LogP contribution in [0.1, 0.15) is 32.1 Å². The molecule has 4 nitrogen and oxygen atoms in total. The molecule has 0 fully saturated rings. The van der Waals surface area contributed by atoms with E-state index in [2.05, 4.69) is 121 Å². The third-order valence-corrected chi connectivity index (χ3v) is 11.4. The molecule has 2 aliphatic rings. The monoisotopic (exact) mass is 676 g/mol. The van der Waals surface area contributed by atoms with E-state index in [9.17, 15) is 0 Å². The third-order valence-electron chi connectivity index (χ3n) is 8.67. The Hall–Kier alpha value is -2.32. The Morgan fingerprint density at radius 2 is 0.933 bits per heavy atom. The number of rotatable bonds is 12. The lowest BCUT2D eigenvalue weighted by Gasteiger charge is -2.41. The number of benzene rings is 4. The van der Waals surface area contributed by atoms with E-state index in [0.717, 1.165) is 55.2 Å². The second kappa shape index (κ2) is 14.6. The summed E-state index contributed by atoms with van der Waals surface area (Å²) in [5.41, 5.74) is 5.03. The minimum atomic E-state index is 0.340. The second-order valence-electron chi connectivity index (χ2n) is 12.5. The van der Waals surface area contributed by atoms with Crippen LogP contribution in [0, 0.1) is 0 Å². The van der Waals surface area contributed by atoms with Gasteiger partial charge in [0.25, 0.3) is 0 Å². The third kappa shape index (κ3) is 7.48. The molecule has 4 aromatic rings. The molecule has 0 amide bonds. The standard InChI is InChI=1S/C37H42Cl2N4S2/c1-40(2)22-20-28(42-30-12-5-7-14-34(30)44-36-18-16-26(38)24-32(36)42)10-9-11-29(21-23-41(3)4)43-31-13-6-8-15-35(31)45-37-19-17-27(39)25-33(37)43/h5-8,12-19,24-25,28-29H,9-11,20-23H2,1-4H3. The SMILES string of the molecule is CN(C)CCC(CCCC(CCN(C)C)N1c2ccccc2Sc2ccc(Cl)cc21)N1c2ccccc2Sc2ccc(Cl)cc21. The quantitative estimate of drug-likeness (QED) is 0.147. The summed E-state index contributed by atoms with van der Waals surface area (Å²) < 4.78 is 0. The van der Waals surface area contributed by atoms with Crippen molar-refractivity contribution < 1.29 is 0 Å². The zero-order valence-corrected chi connectivity index (χ0v) is 29.7. The largest absolute Gasteiger partial charge is 0.336 e. The minimum absolute atomic E-state index is 0.340. The molecule has 45 heavy (non-hydrogen) atoms. The number of hydrogen-bond acceptors (Lipinski definition) is 6. The first-order valence-corrected chi connectivity index (χ1v) is 18.2. The molecule has 0 aromatic heterocycles. The summed E-state index contributed by atoms with van der Waals surface area (Å²) in [6.07, 6.45) is 5.43. The van der Waals surface area contributed by atoms with Crippen LogP contribution in [0.4, 0.5) is 22.7 Å². The maximum atomic E-state index is 6.62. The van der Waals surface area contributed by atoms with Crippen molar-refractivity contribution in [1.82, 2.24) is 9.80 Å². The molecule has 0 spiro atoms. The zero-order valence-electron chi connectivity index (χ0n) is 26.5. The van der Waals surface area contributed by atoms with Gasteiger partial charge in [0.15, 0.2) is 0 Å². The molecule has 0 N–H and O–H groups in total. The van der Waals surface area contributed by atoms with E-state index in [0.29, 0.717) is 12.1 Å². The summed E-state index contributed by atoms with van der Waals surface area (Å²) >= 11 is 16.9. The predicted octanol–water partition coefficient (Wildman–Crippen LogP) is 10.7. The molecule has 0 saturated heterocycles. The summed E-state index contributed by atoms with van der Waals surface area (Å²) in [5.74, 6) is 0. The Kier molecular flexibility index (Phi) is 10.6. The first-order chi connectivity index (χ1) is 21.8. The lowest BCUT2D eigenvalue weighted by atomic mass is 9.97. The predicted molar refractivity (Wildman–Crippen MR) is 196 cm³/mol. The molecule has 0 aliphatic carbocycles. The van der Waals surface area contributed by atoms with E-state index in [1.54, 1.807) is 0 Å². The Labute approximate surface area is 287 Å². The highest BCUT2D eigenvalue weighted by Crippen LogP contribution is 2.52. The van der Waals surface area contributed by atoms with Crippen molar-refractivity contribution in [2.24, 2.45) is 0 Å². The maximum Gasteiger partial charge on any atom is 0.0570 e. The van der Waals surface area contributed by atoms with Gasteiger partial charge in [-0.3, -0.25) is 0 Å². The van der Waals surface area contributed by atoms with Crippen molar-refractivity contribution >= 4 is 69.5 Å². The highest BCUT2D eigenvalue weighted by atomic mass is 35.5.